The first-order valence-corrected chi connectivity index (χ1v) is 8.30. The number of nitrogens with one attached hydrogen (secondary N) is 1. The fourth-order valence-corrected chi connectivity index (χ4v) is 3.36. The van der Waals surface area contributed by atoms with E-state index in [0.29, 0.717) is 19.3 Å². The van der Waals surface area contributed by atoms with Crippen LogP contribution in [0.5, 0.6) is 5.75 Å². The molecular formula is C16H15F6N3O3. The highest BCUT2D eigenvalue weighted by Crippen LogP contribution is 2.41. The van der Waals surface area contributed by atoms with E-state index in [1.165, 1.54) is 0 Å². The lowest BCUT2D eigenvalue weighted by molar-refractivity contribution is -0.274. The third-order valence-corrected chi connectivity index (χ3v) is 4.57. The molecule has 28 heavy (non-hydrogen) atoms. The average molecular weight is 411 g/mol. The van der Waals surface area contributed by atoms with E-state index in [9.17, 15) is 35.9 Å². The second-order valence-electron chi connectivity index (χ2n) is 6.37. The summed E-state index contributed by atoms with van der Waals surface area (Å²) in [7, 11) is 0. The third-order valence-electron chi connectivity index (χ3n) is 4.57. The van der Waals surface area contributed by atoms with Gasteiger partial charge in [-0.05, 0) is 37.1 Å². The van der Waals surface area contributed by atoms with Crippen LogP contribution in [0.2, 0.25) is 0 Å². The number of amides is 3. The number of piperidine rings is 1. The molecule has 0 spiro atoms. The van der Waals surface area contributed by atoms with Gasteiger partial charge in [0.25, 0.3) is 11.6 Å². The van der Waals surface area contributed by atoms with Gasteiger partial charge in [-0.3, -0.25) is 9.69 Å². The molecule has 12 heteroatoms. The molecule has 3 rings (SSSR count). The minimum absolute atomic E-state index is 0.0300. The summed E-state index contributed by atoms with van der Waals surface area (Å²) in [6, 6.07) is 2.11. The molecule has 0 unspecified atom stereocenters. The van der Waals surface area contributed by atoms with Crippen molar-refractivity contribution in [2.24, 2.45) is 0 Å². The van der Waals surface area contributed by atoms with Crippen LogP contribution in [0.4, 0.5) is 36.8 Å². The lowest BCUT2D eigenvalue weighted by Gasteiger charge is -2.41. The summed E-state index contributed by atoms with van der Waals surface area (Å²) in [6.45, 7) is -0.0601. The maximum atomic E-state index is 13.9. The van der Waals surface area contributed by atoms with Crippen molar-refractivity contribution < 1.29 is 40.7 Å². The first kappa shape index (κ1) is 20.2. The van der Waals surface area contributed by atoms with Crippen LogP contribution >= 0.6 is 0 Å². The molecule has 1 aromatic carbocycles. The average Bonchev–Trinajstić information content (AvgIpc) is 2.87. The first-order chi connectivity index (χ1) is 13.0. The Kier molecular flexibility index (Phi) is 4.94. The smallest absolute Gasteiger partial charge is 0.406 e. The van der Waals surface area contributed by atoms with E-state index in [1.807, 2.05) is 0 Å². The van der Waals surface area contributed by atoms with Crippen LogP contribution in [-0.4, -0.2) is 48.1 Å². The topological polar surface area (TPSA) is 61.9 Å². The highest BCUT2D eigenvalue weighted by atomic mass is 19.4. The zero-order valence-corrected chi connectivity index (χ0v) is 14.2. The first-order valence-electron chi connectivity index (χ1n) is 8.30. The van der Waals surface area contributed by atoms with Gasteiger partial charge in [0.2, 0.25) is 0 Å². The minimum atomic E-state index is -5.09. The predicted molar refractivity (Wildman–Crippen MR) is 83.4 cm³/mol. The maximum absolute atomic E-state index is 13.9. The highest BCUT2D eigenvalue weighted by Gasteiger charge is 2.70. The fraction of sp³-hybridized carbons (Fsp3) is 0.500. The summed E-state index contributed by atoms with van der Waals surface area (Å²) in [6.07, 6.45) is -8.47. The van der Waals surface area contributed by atoms with Gasteiger partial charge in [0.05, 0.1) is 5.69 Å². The zero-order valence-electron chi connectivity index (χ0n) is 14.2. The third kappa shape index (κ3) is 3.48. The van der Waals surface area contributed by atoms with E-state index in [0.717, 1.165) is 29.2 Å². The Morgan fingerprint density at radius 3 is 2.00 bits per heavy atom. The monoisotopic (exact) mass is 411 g/mol. The number of anilines is 1. The standard InChI is InChI=1S/C16H15F6N3O3/c17-15(18,19)14(24-8-2-1-3-9-24)12(26)25(13(27)23-14)10-4-6-11(7-5-10)28-16(20,21)22/h4-7H,1-3,8-9H2,(H,23,27)/t14-/m1/s1. The number of nitrogens with zero attached hydrogens (tertiary/aromatic N) is 2. The molecule has 0 radical (unpaired) electrons. The van der Waals surface area contributed by atoms with Crippen LogP contribution in [0.25, 0.3) is 0 Å². The number of imide groups is 1. The number of alkyl halides is 6. The number of likely N-dealkylation sites (tertiary alicyclic amines) is 1. The van der Waals surface area contributed by atoms with Crippen LogP contribution < -0.4 is 15.0 Å². The molecule has 0 aromatic heterocycles. The molecule has 0 saturated carbocycles. The Labute approximate surface area is 155 Å². The summed E-state index contributed by atoms with van der Waals surface area (Å²) in [5, 5.41) is 1.76. The van der Waals surface area contributed by atoms with Crippen LogP contribution in [0.1, 0.15) is 19.3 Å². The minimum Gasteiger partial charge on any atom is -0.406 e. The Hall–Kier alpha value is -2.50. The molecule has 6 nitrogen and oxygen atoms in total. The van der Waals surface area contributed by atoms with Crippen LogP contribution in [0.3, 0.4) is 0 Å². The van der Waals surface area contributed by atoms with E-state index < -0.39 is 35.9 Å². The molecule has 0 aliphatic carbocycles. The molecule has 2 heterocycles. The van der Waals surface area contributed by atoms with Gasteiger partial charge >= 0.3 is 18.6 Å². The Balaban J connectivity index is 1.93. The van der Waals surface area contributed by atoms with Gasteiger partial charge in [0, 0.05) is 13.1 Å². The van der Waals surface area contributed by atoms with Gasteiger partial charge in [-0.1, -0.05) is 6.42 Å². The molecule has 2 aliphatic rings. The summed E-state index contributed by atoms with van der Waals surface area (Å²) < 4.78 is 82.1. The number of halogens is 6. The van der Waals surface area contributed by atoms with Gasteiger partial charge in [-0.2, -0.15) is 13.2 Å². The van der Waals surface area contributed by atoms with Crippen molar-refractivity contribution in [1.29, 1.82) is 0 Å². The maximum Gasteiger partial charge on any atom is 0.573 e. The van der Waals surface area contributed by atoms with Crippen LogP contribution in [-0.2, 0) is 4.79 Å². The van der Waals surface area contributed by atoms with Gasteiger partial charge in [0.1, 0.15) is 5.75 Å². The van der Waals surface area contributed by atoms with Gasteiger partial charge in [-0.25, -0.2) is 9.69 Å². The van der Waals surface area contributed by atoms with Gasteiger partial charge in [0.15, 0.2) is 0 Å². The highest BCUT2D eigenvalue weighted by molar-refractivity contribution is 6.23. The summed E-state index contributed by atoms with van der Waals surface area (Å²) in [4.78, 5) is 26.2. The van der Waals surface area contributed by atoms with Gasteiger partial charge in [-0.15, -0.1) is 13.2 Å². The van der Waals surface area contributed by atoms with E-state index in [1.54, 1.807) is 5.32 Å². The number of ether oxygens (including phenoxy) is 1. The number of carbonyl (C=O) groups is 2. The Morgan fingerprint density at radius 2 is 1.50 bits per heavy atom. The summed E-state index contributed by atoms with van der Waals surface area (Å²) in [5.41, 5.74) is -3.51. The molecule has 1 N–H and O–H groups in total. The van der Waals surface area contributed by atoms with Crippen LogP contribution in [0, 0.1) is 0 Å². The number of urea groups is 1. The zero-order chi connectivity index (χ0) is 20.7. The van der Waals surface area contributed by atoms with Crippen molar-refractivity contribution in [1.82, 2.24) is 10.2 Å². The van der Waals surface area contributed by atoms with Crippen molar-refractivity contribution in [3.8, 4) is 5.75 Å². The number of benzene rings is 1. The van der Waals surface area contributed by atoms with E-state index in [-0.39, 0.29) is 23.7 Å². The van der Waals surface area contributed by atoms with Crippen LogP contribution in [0.15, 0.2) is 24.3 Å². The Morgan fingerprint density at radius 1 is 0.929 bits per heavy atom. The second kappa shape index (κ2) is 6.83. The van der Waals surface area contributed by atoms with Crippen molar-refractivity contribution in [3.63, 3.8) is 0 Å². The normalized spacial score (nSPS) is 24.4. The number of hydrogen-bond donors (Lipinski definition) is 1. The number of carbonyl (C=O) groups excluding carboxylic acids is 2. The van der Waals surface area contributed by atoms with Crippen molar-refractivity contribution in [3.05, 3.63) is 24.3 Å². The fourth-order valence-electron chi connectivity index (χ4n) is 3.36. The molecule has 2 saturated heterocycles. The largest absolute Gasteiger partial charge is 0.573 e. The van der Waals surface area contributed by atoms with E-state index in [4.69, 9.17) is 0 Å². The number of hydrogen-bond acceptors (Lipinski definition) is 4. The van der Waals surface area contributed by atoms with Crippen molar-refractivity contribution in [2.45, 2.75) is 37.5 Å². The van der Waals surface area contributed by atoms with E-state index >= 15 is 0 Å². The second-order valence-corrected chi connectivity index (χ2v) is 6.37. The summed E-state index contributed by atoms with van der Waals surface area (Å²) in [5.74, 6) is -2.18. The quantitative estimate of drug-likeness (QED) is 0.612. The molecule has 3 amide bonds. The number of rotatable bonds is 3. The Bertz CT molecular complexity index is 758. The predicted octanol–water partition coefficient (Wildman–Crippen LogP) is 3.39. The molecule has 1 aromatic rings. The van der Waals surface area contributed by atoms with Crippen molar-refractivity contribution >= 4 is 17.6 Å². The molecule has 2 fully saturated rings. The lowest BCUT2D eigenvalue weighted by Crippen LogP contribution is -2.70. The van der Waals surface area contributed by atoms with Crippen molar-refractivity contribution in [2.75, 3.05) is 18.0 Å². The lowest BCUT2D eigenvalue weighted by atomic mass is 10.0. The molecule has 1 atom stereocenters. The summed E-state index contributed by atoms with van der Waals surface area (Å²) >= 11 is 0. The van der Waals surface area contributed by atoms with E-state index in [2.05, 4.69) is 4.74 Å². The molecule has 154 valence electrons. The molecule has 0 bridgehead atoms. The molecular weight excluding hydrogens is 396 g/mol. The SMILES string of the molecule is O=C1N[C@](N2CCCCC2)(C(F)(F)F)C(=O)N1c1ccc(OC(F)(F)F)cc1. The van der Waals surface area contributed by atoms with Gasteiger partial charge < -0.3 is 10.1 Å². The molecule has 2 aliphatic heterocycles.